The fourth-order valence-electron chi connectivity index (χ4n) is 3.14. The van der Waals surface area contributed by atoms with Gasteiger partial charge in [-0.15, -0.1) is 0 Å². The minimum absolute atomic E-state index is 0.00742. The van der Waals surface area contributed by atoms with Crippen LogP contribution in [-0.2, 0) is 9.59 Å². The first-order valence-electron chi connectivity index (χ1n) is 7.66. The number of primary amides is 1. The summed E-state index contributed by atoms with van der Waals surface area (Å²) in [5.74, 6) is 0.415. The minimum Gasteiger partial charge on any atom is -0.493 e. The Morgan fingerprint density at radius 2 is 2.14 bits per heavy atom. The molecule has 0 unspecified atom stereocenters. The van der Waals surface area contributed by atoms with Crippen molar-refractivity contribution < 1.29 is 14.3 Å². The Bertz CT molecular complexity index is 576. The molecule has 2 atom stereocenters. The summed E-state index contributed by atoms with van der Waals surface area (Å²) in [6.07, 6.45) is 1.51. The molecule has 0 radical (unpaired) electrons. The molecule has 6 heteroatoms. The molecule has 1 aromatic carbocycles. The highest BCUT2D eigenvalue weighted by molar-refractivity contribution is 5.80. The predicted molar refractivity (Wildman–Crippen MR) is 81.2 cm³/mol. The van der Waals surface area contributed by atoms with Gasteiger partial charge in [-0.05, 0) is 19.0 Å². The number of ether oxygens (including phenoxy) is 1. The third kappa shape index (κ3) is 3.22. The molecule has 6 nitrogen and oxygen atoms in total. The van der Waals surface area contributed by atoms with E-state index in [1.54, 1.807) is 0 Å². The van der Waals surface area contributed by atoms with Gasteiger partial charge in [-0.2, -0.15) is 0 Å². The molecule has 118 valence electrons. The van der Waals surface area contributed by atoms with Crippen LogP contribution >= 0.6 is 0 Å². The average molecular weight is 303 g/mol. The Kier molecular flexibility index (Phi) is 4.29. The summed E-state index contributed by atoms with van der Waals surface area (Å²) in [6, 6.07) is 7.78. The first-order valence-corrected chi connectivity index (χ1v) is 7.66. The Morgan fingerprint density at radius 3 is 2.91 bits per heavy atom. The van der Waals surface area contributed by atoms with Gasteiger partial charge in [-0.3, -0.25) is 14.5 Å². The van der Waals surface area contributed by atoms with Crippen molar-refractivity contribution in [3.05, 3.63) is 29.8 Å². The number of para-hydroxylation sites is 1. The van der Waals surface area contributed by atoms with E-state index < -0.39 is 0 Å². The summed E-state index contributed by atoms with van der Waals surface area (Å²) in [7, 11) is 0. The Labute approximate surface area is 129 Å². The number of carbonyl (C=O) groups is 2. The van der Waals surface area contributed by atoms with Crippen LogP contribution in [-0.4, -0.2) is 43.0 Å². The Hall–Kier alpha value is -2.08. The fourth-order valence-corrected chi connectivity index (χ4v) is 3.14. The second-order valence-corrected chi connectivity index (χ2v) is 5.92. The maximum Gasteiger partial charge on any atom is 0.234 e. The van der Waals surface area contributed by atoms with Gasteiger partial charge < -0.3 is 15.8 Å². The van der Waals surface area contributed by atoms with Gasteiger partial charge in [0.1, 0.15) is 5.75 Å². The third-order valence-corrected chi connectivity index (χ3v) is 4.34. The third-order valence-electron chi connectivity index (χ3n) is 4.34. The van der Waals surface area contributed by atoms with Gasteiger partial charge in [0.2, 0.25) is 11.8 Å². The highest BCUT2D eigenvalue weighted by Gasteiger charge is 2.29. The van der Waals surface area contributed by atoms with E-state index in [4.69, 9.17) is 10.5 Å². The lowest BCUT2D eigenvalue weighted by Gasteiger charge is -2.27. The van der Waals surface area contributed by atoms with Crippen molar-refractivity contribution in [1.82, 2.24) is 10.2 Å². The van der Waals surface area contributed by atoms with Crippen LogP contribution in [0.1, 0.15) is 24.4 Å². The van der Waals surface area contributed by atoms with Gasteiger partial charge in [0, 0.05) is 18.5 Å². The molecule has 1 fully saturated rings. The van der Waals surface area contributed by atoms with Crippen molar-refractivity contribution in [3.8, 4) is 5.75 Å². The normalized spacial score (nSPS) is 24.4. The smallest absolute Gasteiger partial charge is 0.234 e. The molecule has 2 aliphatic rings. The summed E-state index contributed by atoms with van der Waals surface area (Å²) < 4.78 is 5.60. The van der Waals surface area contributed by atoms with Crippen LogP contribution in [0.5, 0.6) is 5.75 Å². The topological polar surface area (TPSA) is 84.7 Å². The maximum atomic E-state index is 12.2. The van der Waals surface area contributed by atoms with Crippen LogP contribution in [0.25, 0.3) is 0 Å². The summed E-state index contributed by atoms with van der Waals surface area (Å²) in [5, 5.41) is 3.07. The van der Waals surface area contributed by atoms with Crippen molar-refractivity contribution in [3.63, 3.8) is 0 Å². The summed E-state index contributed by atoms with van der Waals surface area (Å²) >= 11 is 0. The number of fused-ring (bicyclic) bond motifs is 1. The van der Waals surface area contributed by atoms with Gasteiger partial charge in [0.05, 0.1) is 25.1 Å². The van der Waals surface area contributed by atoms with Crippen LogP contribution < -0.4 is 15.8 Å². The van der Waals surface area contributed by atoms with Crippen molar-refractivity contribution in [2.45, 2.75) is 18.9 Å². The predicted octanol–water partition coefficient (Wildman–Crippen LogP) is 0.434. The quantitative estimate of drug-likeness (QED) is 0.845. The summed E-state index contributed by atoms with van der Waals surface area (Å²) in [5.41, 5.74) is 6.34. The van der Waals surface area contributed by atoms with Crippen LogP contribution in [0.2, 0.25) is 0 Å². The molecule has 22 heavy (non-hydrogen) atoms. The number of likely N-dealkylation sites (tertiary alicyclic amines) is 1. The number of rotatable bonds is 4. The first kappa shape index (κ1) is 14.8. The number of hydrogen-bond donors (Lipinski definition) is 2. The zero-order chi connectivity index (χ0) is 15.5. The molecule has 0 aliphatic carbocycles. The second kappa shape index (κ2) is 6.36. The van der Waals surface area contributed by atoms with E-state index in [-0.39, 0.29) is 23.8 Å². The molecular weight excluding hydrogens is 282 g/mol. The van der Waals surface area contributed by atoms with E-state index in [1.165, 1.54) is 0 Å². The molecule has 0 saturated carbocycles. The van der Waals surface area contributed by atoms with Gasteiger partial charge >= 0.3 is 0 Å². The van der Waals surface area contributed by atoms with E-state index in [0.717, 1.165) is 30.7 Å². The van der Waals surface area contributed by atoms with E-state index in [1.807, 2.05) is 29.2 Å². The first-order chi connectivity index (χ1) is 10.6. The molecule has 3 N–H and O–H groups in total. The molecular formula is C16H21N3O3. The molecule has 2 amide bonds. The van der Waals surface area contributed by atoms with Crippen molar-refractivity contribution in [2.75, 3.05) is 26.2 Å². The summed E-state index contributed by atoms with van der Waals surface area (Å²) in [6.45, 7) is 2.23. The standard InChI is InChI=1S/C16H21N3O3/c17-16(21)11-5-7-19(9-11)10-15(20)18-13-6-8-22-14-4-2-1-3-12(13)14/h1-4,11,13H,5-10H2,(H2,17,21)(H,18,20)/t11-,13+/m0/s1. The Morgan fingerprint density at radius 1 is 1.32 bits per heavy atom. The number of carbonyl (C=O) groups excluding carboxylic acids is 2. The molecule has 2 aliphatic heterocycles. The largest absolute Gasteiger partial charge is 0.493 e. The molecule has 0 bridgehead atoms. The van der Waals surface area contributed by atoms with E-state index >= 15 is 0 Å². The number of nitrogens with one attached hydrogen (secondary N) is 1. The van der Waals surface area contributed by atoms with Gasteiger partial charge in [0.15, 0.2) is 0 Å². The lowest BCUT2D eigenvalue weighted by atomic mass is 10.0. The molecule has 3 rings (SSSR count). The maximum absolute atomic E-state index is 12.2. The molecule has 0 aromatic heterocycles. The number of nitrogens with zero attached hydrogens (tertiary/aromatic N) is 1. The highest BCUT2D eigenvalue weighted by atomic mass is 16.5. The Balaban J connectivity index is 1.56. The van der Waals surface area contributed by atoms with Crippen LogP contribution in [0, 0.1) is 5.92 Å². The van der Waals surface area contributed by atoms with E-state index in [0.29, 0.717) is 19.7 Å². The molecule has 0 spiro atoms. The number of nitrogens with two attached hydrogens (primary N) is 1. The van der Waals surface area contributed by atoms with Crippen LogP contribution in [0.3, 0.4) is 0 Å². The van der Waals surface area contributed by atoms with Crippen molar-refractivity contribution >= 4 is 11.8 Å². The molecule has 1 aromatic rings. The van der Waals surface area contributed by atoms with E-state index in [2.05, 4.69) is 5.32 Å². The number of benzene rings is 1. The van der Waals surface area contributed by atoms with Crippen molar-refractivity contribution in [2.24, 2.45) is 11.7 Å². The number of hydrogen-bond acceptors (Lipinski definition) is 4. The molecule has 1 saturated heterocycles. The lowest BCUT2D eigenvalue weighted by molar-refractivity contribution is -0.124. The van der Waals surface area contributed by atoms with Gasteiger partial charge in [0.25, 0.3) is 0 Å². The van der Waals surface area contributed by atoms with Crippen LogP contribution in [0.4, 0.5) is 0 Å². The van der Waals surface area contributed by atoms with Gasteiger partial charge in [-0.25, -0.2) is 0 Å². The lowest BCUT2D eigenvalue weighted by Crippen LogP contribution is -2.39. The summed E-state index contributed by atoms with van der Waals surface area (Å²) in [4.78, 5) is 25.4. The monoisotopic (exact) mass is 303 g/mol. The highest BCUT2D eigenvalue weighted by Crippen LogP contribution is 2.31. The number of amides is 2. The van der Waals surface area contributed by atoms with E-state index in [9.17, 15) is 9.59 Å². The molecule has 2 heterocycles. The SMILES string of the molecule is NC(=O)[C@H]1CCN(CC(=O)N[C@@H]2CCOc3ccccc32)C1. The van der Waals surface area contributed by atoms with Crippen LogP contribution in [0.15, 0.2) is 24.3 Å². The second-order valence-electron chi connectivity index (χ2n) is 5.92. The average Bonchev–Trinajstić information content (AvgIpc) is 2.96. The zero-order valence-electron chi connectivity index (χ0n) is 12.5. The van der Waals surface area contributed by atoms with Crippen molar-refractivity contribution in [1.29, 1.82) is 0 Å². The zero-order valence-corrected chi connectivity index (χ0v) is 12.5. The fraction of sp³-hybridized carbons (Fsp3) is 0.500. The minimum atomic E-state index is -0.277. The van der Waals surface area contributed by atoms with Gasteiger partial charge in [-0.1, -0.05) is 18.2 Å².